The van der Waals surface area contributed by atoms with Gasteiger partial charge in [0.15, 0.2) is 5.75 Å². The molecule has 0 aliphatic carbocycles. The molecule has 86 valence electrons. The van der Waals surface area contributed by atoms with Crippen molar-refractivity contribution in [2.45, 2.75) is 13.8 Å². The van der Waals surface area contributed by atoms with Crippen LogP contribution < -0.4 is 9.84 Å². The first-order chi connectivity index (χ1) is 7.41. The predicted molar refractivity (Wildman–Crippen MR) is 53.1 cm³/mol. The van der Waals surface area contributed by atoms with Gasteiger partial charge in [-0.25, -0.2) is 0 Å². The number of aryl methyl sites for hydroxylation is 2. The largest absolute Gasteiger partial charge is 0.546 e. The second kappa shape index (κ2) is 4.61. The monoisotopic (exact) mass is 224 g/mol. The van der Waals surface area contributed by atoms with E-state index >= 15 is 0 Å². The molecule has 0 N–H and O–H groups in total. The molecule has 0 fully saturated rings. The van der Waals surface area contributed by atoms with Gasteiger partial charge in [-0.1, -0.05) is 6.07 Å². The summed E-state index contributed by atoms with van der Waals surface area (Å²) >= 11 is 0. The van der Waals surface area contributed by atoms with Gasteiger partial charge in [0.1, 0.15) is 6.61 Å². The maximum atomic E-state index is 10.7. The summed E-state index contributed by atoms with van der Waals surface area (Å²) in [4.78, 5) is 20.4. The Bertz CT molecular complexity index is 441. The van der Waals surface area contributed by atoms with Crippen LogP contribution in [0.4, 0.5) is 5.69 Å². The lowest BCUT2D eigenvalue weighted by atomic mass is 10.1. The van der Waals surface area contributed by atoms with E-state index in [1.807, 2.05) is 0 Å². The van der Waals surface area contributed by atoms with Crippen molar-refractivity contribution in [3.05, 3.63) is 33.4 Å². The molecule has 0 unspecified atom stereocenters. The smallest absolute Gasteiger partial charge is 0.311 e. The van der Waals surface area contributed by atoms with E-state index in [1.54, 1.807) is 19.9 Å². The maximum absolute atomic E-state index is 10.7. The fraction of sp³-hybridized carbons (Fsp3) is 0.300. The standard InChI is InChI=1S/C10H11NO5/c1-6-3-7(2)10(16-5-9(12)13)8(4-6)11(14)15/h3-4H,5H2,1-2H3,(H,12,13)/p-1. The lowest BCUT2D eigenvalue weighted by Gasteiger charge is -2.10. The zero-order valence-corrected chi connectivity index (χ0v) is 8.85. The van der Waals surface area contributed by atoms with Gasteiger partial charge in [0, 0.05) is 6.07 Å². The molecule has 0 saturated carbocycles. The van der Waals surface area contributed by atoms with Gasteiger partial charge in [-0.3, -0.25) is 10.1 Å². The van der Waals surface area contributed by atoms with Crippen LogP contribution in [-0.4, -0.2) is 17.5 Å². The normalized spacial score (nSPS) is 9.88. The first kappa shape index (κ1) is 12.0. The number of carboxylic acids is 1. The SMILES string of the molecule is Cc1cc(C)c(OCC(=O)[O-])c([N+](=O)[O-])c1. The molecule has 0 aromatic heterocycles. The predicted octanol–water partition coefficient (Wildman–Crippen LogP) is 0.340. The van der Waals surface area contributed by atoms with Gasteiger partial charge in [-0.2, -0.15) is 0 Å². The molecule has 6 heteroatoms. The molecule has 0 aliphatic rings. The van der Waals surface area contributed by atoms with Crippen molar-refractivity contribution in [3.63, 3.8) is 0 Å². The summed E-state index contributed by atoms with van der Waals surface area (Å²) in [6, 6.07) is 3.01. The van der Waals surface area contributed by atoms with Crippen LogP contribution in [0, 0.1) is 24.0 Å². The van der Waals surface area contributed by atoms with Crippen molar-refractivity contribution in [2.24, 2.45) is 0 Å². The zero-order chi connectivity index (χ0) is 12.3. The minimum Gasteiger partial charge on any atom is -0.546 e. The minimum absolute atomic E-state index is 0.0280. The first-order valence-electron chi connectivity index (χ1n) is 4.50. The Balaban J connectivity index is 3.14. The minimum atomic E-state index is -1.42. The van der Waals surface area contributed by atoms with Crippen LogP contribution in [0.25, 0.3) is 0 Å². The summed E-state index contributed by atoms with van der Waals surface area (Å²) in [5, 5.41) is 21.0. The number of hydrogen-bond acceptors (Lipinski definition) is 5. The Morgan fingerprint density at radius 1 is 1.44 bits per heavy atom. The van der Waals surface area contributed by atoms with E-state index in [1.165, 1.54) is 6.07 Å². The molecule has 1 aromatic rings. The fourth-order valence-electron chi connectivity index (χ4n) is 1.39. The van der Waals surface area contributed by atoms with Crippen LogP contribution in [0.1, 0.15) is 11.1 Å². The number of carbonyl (C=O) groups excluding carboxylic acids is 1. The highest BCUT2D eigenvalue weighted by Crippen LogP contribution is 2.31. The first-order valence-corrected chi connectivity index (χ1v) is 4.50. The Morgan fingerprint density at radius 3 is 2.56 bits per heavy atom. The second-order valence-electron chi connectivity index (χ2n) is 3.35. The topological polar surface area (TPSA) is 92.5 Å². The average Bonchev–Trinajstić information content (AvgIpc) is 2.14. The third kappa shape index (κ3) is 2.69. The van der Waals surface area contributed by atoms with E-state index in [4.69, 9.17) is 4.74 Å². The van der Waals surface area contributed by atoms with Crippen molar-refractivity contribution in [1.82, 2.24) is 0 Å². The molecule has 16 heavy (non-hydrogen) atoms. The van der Waals surface area contributed by atoms with Gasteiger partial charge in [-0.05, 0) is 25.0 Å². The summed E-state index contributed by atoms with van der Waals surface area (Å²) in [6.45, 7) is 2.62. The van der Waals surface area contributed by atoms with Crippen molar-refractivity contribution in [3.8, 4) is 5.75 Å². The summed E-state index contributed by atoms with van der Waals surface area (Å²) in [6.07, 6.45) is 0. The molecule has 0 atom stereocenters. The van der Waals surface area contributed by atoms with Gasteiger partial charge < -0.3 is 14.6 Å². The molecule has 1 rings (SSSR count). The van der Waals surface area contributed by atoms with Gasteiger partial charge in [0.25, 0.3) is 0 Å². The third-order valence-electron chi connectivity index (χ3n) is 1.93. The van der Waals surface area contributed by atoms with Crippen LogP contribution in [-0.2, 0) is 4.79 Å². The summed E-state index contributed by atoms with van der Waals surface area (Å²) < 4.78 is 4.84. The number of rotatable bonds is 4. The highest BCUT2D eigenvalue weighted by molar-refractivity contribution is 5.66. The van der Waals surface area contributed by atoms with Gasteiger partial charge in [0.2, 0.25) is 0 Å². The van der Waals surface area contributed by atoms with Gasteiger partial charge in [0.05, 0.1) is 10.9 Å². The van der Waals surface area contributed by atoms with E-state index in [-0.39, 0.29) is 11.4 Å². The highest BCUT2D eigenvalue weighted by atomic mass is 16.6. The Kier molecular flexibility index (Phi) is 3.44. The molecular formula is C10H10NO5-. The number of hydrogen-bond donors (Lipinski definition) is 0. The molecule has 0 aliphatic heterocycles. The number of nitrogens with zero attached hydrogens (tertiary/aromatic N) is 1. The molecule has 0 spiro atoms. The lowest BCUT2D eigenvalue weighted by Crippen LogP contribution is -2.29. The molecule has 6 nitrogen and oxygen atoms in total. The van der Waals surface area contributed by atoms with Crippen molar-refractivity contribution >= 4 is 11.7 Å². The number of ether oxygens (including phenoxy) is 1. The number of carboxylic acid groups (broad SMARTS) is 1. The second-order valence-corrected chi connectivity index (χ2v) is 3.35. The van der Waals surface area contributed by atoms with E-state index in [0.717, 1.165) is 0 Å². The zero-order valence-electron chi connectivity index (χ0n) is 8.85. The van der Waals surface area contributed by atoms with Crippen LogP contribution in [0.5, 0.6) is 5.75 Å². The number of aliphatic carboxylic acids is 1. The van der Waals surface area contributed by atoms with Gasteiger partial charge >= 0.3 is 5.69 Å². The van der Waals surface area contributed by atoms with Gasteiger partial charge in [-0.15, -0.1) is 0 Å². The number of nitro groups is 1. The Hall–Kier alpha value is -2.11. The number of benzene rings is 1. The van der Waals surface area contributed by atoms with Crippen molar-refractivity contribution in [1.29, 1.82) is 0 Å². The maximum Gasteiger partial charge on any atom is 0.311 e. The third-order valence-corrected chi connectivity index (χ3v) is 1.93. The molecule has 0 saturated heterocycles. The van der Waals surface area contributed by atoms with E-state index < -0.39 is 17.5 Å². The summed E-state index contributed by atoms with van der Waals surface area (Å²) in [5.41, 5.74) is 0.997. The van der Waals surface area contributed by atoms with E-state index in [9.17, 15) is 20.0 Å². The fourth-order valence-corrected chi connectivity index (χ4v) is 1.39. The molecule has 0 heterocycles. The van der Waals surface area contributed by atoms with Crippen LogP contribution in [0.2, 0.25) is 0 Å². The van der Waals surface area contributed by atoms with Crippen LogP contribution in [0.15, 0.2) is 12.1 Å². The average molecular weight is 224 g/mol. The highest BCUT2D eigenvalue weighted by Gasteiger charge is 2.18. The van der Waals surface area contributed by atoms with Crippen LogP contribution >= 0.6 is 0 Å². The van der Waals surface area contributed by atoms with E-state index in [0.29, 0.717) is 11.1 Å². The molecule has 0 bridgehead atoms. The van der Waals surface area contributed by atoms with Crippen molar-refractivity contribution in [2.75, 3.05) is 6.61 Å². The number of carbonyl (C=O) groups is 1. The Morgan fingerprint density at radius 2 is 2.06 bits per heavy atom. The summed E-state index contributed by atoms with van der Waals surface area (Å²) in [7, 11) is 0. The summed E-state index contributed by atoms with van der Waals surface area (Å²) in [5.74, 6) is -1.45. The lowest BCUT2D eigenvalue weighted by molar-refractivity contribution is -0.386. The Labute approximate surface area is 91.6 Å². The molecule has 0 radical (unpaired) electrons. The van der Waals surface area contributed by atoms with E-state index in [2.05, 4.69) is 0 Å². The number of nitro benzene ring substituents is 1. The quantitative estimate of drug-likeness (QED) is 0.543. The molecule has 1 aromatic carbocycles. The molecular weight excluding hydrogens is 214 g/mol. The van der Waals surface area contributed by atoms with Crippen LogP contribution in [0.3, 0.4) is 0 Å². The van der Waals surface area contributed by atoms with Crippen molar-refractivity contribution < 1.29 is 19.6 Å². The molecule has 0 amide bonds.